The van der Waals surface area contributed by atoms with E-state index in [2.05, 4.69) is 5.32 Å². The standard InChI is InChI=1S/C20H16FNO5.BrH/c21-12-3-5-13(6-4-12)26-18-11-25-17-10-14(7-8-15(17)19(18)23)27-20(24)16-2-1-9-22-16;/h3-8,10-11,16,22H,1-2,9H2;1H/t16-;/m0./s1. The Bertz CT molecular complexity index is 1040. The Kier molecular flexibility index (Phi) is 6.11. The van der Waals surface area contributed by atoms with Crippen LogP contribution < -0.4 is 20.2 Å². The monoisotopic (exact) mass is 449 g/mol. The molecule has 1 N–H and O–H groups in total. The number of rotatable bonds is 4. The second-order valence-electron chi connectivity index (χ2n) is 6.21. The zero-order chi connectivity index (χ0) is 18.8. The number of nitrogens with one attached hydrogen (secondary N) is 1. The zero-order valence-electron chi connectivity index (χ0n) is 14.6. The third-order valence-electron chi connectivity index (χ3n) is 4.32. The molecule has 8 heteroatoms. The number of benzene rings is 2. The van der Waals surface area contributed by atoms with E-state index in [1.807, 2.05) is 0 Å². The minimum Gasteiger partial charge on any atom is -0.460 e. The highest BCUT2D eigenvalue weighted by Crippen LogP contribution is 2.24. The number of halogens is 2. The van der Waals surface area contributed by atoms with Crippen LogP contribution in [0.2, 0.25) is 0 Å². The second-order valence-corrected chi connectivity index (χ2v) is 6.21. The quantitative estimate of drug-likeness (QED) is 0.479. The molecule has 146 valence electrons. The maximum absolute atomic E-state index is 13.0. The number of hydrogen-bond donors (Lipinski definition) is 1. The lowest BCUT2D eigenvalue weighted by Gasteiger charge is -2.10. The fraction of sp³-hybridized carbons (Fsp3) is 0.200. The van der Waals surface area contributed by atoms with Gasteiger partial charge in [-0.2, -0.15) is 0 Å². The van der Waals surface area contributed by atoms with E-state index in [1.54, 1.807) is 0 Å². The largest absolute Gasteiger partial charge is 0.460 e. The van der Waals surface area contributed by atoms with E-state index in [9.17, 15) is 14.0 Å². The first-order valence-corrected chi connectivity index (χ1v) is 8.54. The van der Waals surface area contributed by atoms with Crippen molar-refractivity contribution in [1.82, 2.24) is 5.32 Å². The first-order chi connectivity index (χ1) is 13.1. The summed E-state index contributed by atoms with van der Waals surface area (Å²) in [5.41, 5.74) is -0.105. The molecule has 1 aliphatic heterocycles. The molecule has 3 aromatic rings. The summed E-state index contributed by atoms with van der Waals surface area (Å²) in [6.07, 6.45) is 2.85. The smallest absolute Gasteiger partial charge is 0.328 e. The van der Waals surface area contributed by atoms with Crippen molar-refractivity contribution < 1.29 is 23.1 Å². The van der Waals surface area contributed by atoms with Crippen LogP contribution in [0.15, 0.2) is 57.9 Å². The van der Waals surface area contributed by atoms with Crippen LogP contribution in [0.5, 0.6) is 17.2 Å². The molecule has 1 atom stereocenters. The average molecular weight is 450 g/mol. The van der Waals surface area contributed by atoms with Gasteiger partial charge in [-0.15, -0.1) is 17.0 Å². The third-order valence-corrected chi connectivity index (χ3v) is 4.32. The molecule has 1 saturated heterocycles. The van der Waals surface area contributed by atoms with E-state index in [-0.39, 0.29) is 51.1 Å². The Hall–Kier alpha value is -2.71. The summed E-state index contributed by atoms with van der Waals surface area (Å²) in [6.45, 7) is 0.795. The Labute approximate surface area is 170 Å². The van der Waals surface area contributed by atoms with Crippen LogP contribution in [0.25, 0.3) is 11.0 Å². The maximum Gasteiger partial charge on any atom is 0.328 e. The van der Waals surface area contributed by atoms with E-state index in [0.29, 0.717) is 11.5 Å². The van der Waals surface area contributed by atoms with Gasteiger partial charge in [0.2, 0.25) is 11.2 Å². The van der Waals surface area contributed by atoms with Gasteiger partial charge in [0.15, 0.2) is 0 Å². The van der Waals surface area contributed by atoms with Gasteiger partial charge in [-0.3, -0.25) is 4.79 Å². The van der Waals surface area contributed by atoms with Gasteiger partial charge in [-0.25, -0.2) is 9.18 Å². The second kappa shape index (κ2) is 8.53. The predicted octanol–water partition coefficient (Wildman–Crippen LogP) is 3.96. The van der Waals surface area contributed by atoms with Gasteiger partial charge in [0.05, 0.1) is 5.39 Å². The summed E-state index contributed by atoms with van der Waals surface area (Å²) in [7, 11) is 0. The molecular formula is C20H17BrFNO5. The molecule has 0 bridgehead atoms. The normalized spacial score (nSPS) is 15.8. The van der Waals surface area contributed by atoms with Crippen molar-refractivity contribution in [2.45, 2.75) is 18.9 Å². The summed E-state index contributed by atoms with van der Waals surface area (Å²) >= 11 is 0. The summed E-state index contributed by atoms with van der Waals surface area (Å²) in [5.74, 6) is -0.156. The number of ether oxygens (including phenoxy) is 2. The average Bonchev–Trinajstić information content (AvgIpc) is 3.21. The molecule has 28 heavy (non-hydrogen) atoms. The Morgan fingerprint density at radius 2 is 1.89 bits per heavy atom. The van der Waals surface area contributed by atoms with Gasteiger partial charge in [0.25, 0.3) is 0 Å². The molecule has 1 aromatic heterocycles. The van der Waals surface area contributed by atoms with Crippen LogP contribution in [0, 0.1) is 5.82 Å². The number of carbonyl (C=O) groups is 1. The molecule has 4 rings (SSSR count). The molecule has 2 aromatic carbocycles. The number of fused-ring (bicyclic) bond motifs is 1. The van der Waals surface area contributed by atoms with E-state index in [4.69, 9.17) is 13.9 Å². The lowest BCUT2D eigenvalue weighted by atomic mass is 10.2. The molecule has 6 nitrogen and oxygen atoms in total. The van der Waals surface area contributed by atoms with Crippen LogP contribution in [0.1, 0.15) is 12.8 Å². The first kappa shape index (κ1) is 20.0. The van der Waals surface area contributed by atoms with Crippen LogP contribution in [-0.4, -0.2) is 18.6 Å². The summed E-state index contributed by atoms with van der Waals surface area (Å²) in [6, 6.07) is 9.54. The van der Waals surface area contributed by atoms with Gasteiger partial charge in [0, 0.05) is 6.07 Å². The van der Waals surface area contributed by atoms with Crippen molar-refractivity contribution >= 4 is 33.9 Å². The van der Waals surface area contributed by atoms with Gasteiger partial charge < -0.3 is 19.2 Å². The molecule has 0 aliphatic carbocycles. The highest BCUT2D eigenvalue weighted by atomic mass is 79.9. The van der Waals surface area contributed by atoms with Crippen molar-refractivity contribution in [2.24, 2.45) is 0 Å². The summed E-state index contributed by atoms with van der Waals surface area (Å²) < 4.78 is 29.2. The molecule has 0 saturated carbocycles. The van der Waals surface area contributed by atoms with E-state index >= 15 is 0 Å². The molecule has 0 amide bonds. The van der Waals surface area contributed by atoms with E-state index in [1.165, 1.54) is 48.7 Å². The fourth-order valence-electron chi connectivity index (χ4n) is 2.93. The Morgan fingerprint density at radius 1 is 1.14 bits per heavy atom. The van der Waals surface area contributed by atoms with Crippen LogP contribution in [-0.2, 0) is 4.79 Å². The molecule has 0 unspecified atom stereocenters. The maximum atomic E-state index is 13.0. The topological polar surface area (TPSA) is 77.8 Å². The van der Waals surface area contributed by atoms with Crippen LogP contribution in [0.3, 0.4) is 0 Å². The van der Waals surface area contributed by atoms with E-state index < -0.39 is 5.82 Å². The van der Waals surface area contributed by atoms with Gasteiger partial charge >= 0.3 is 5.97 Å². The molecule has 0 spiro atoms. The van der Waals surface area contributed by atoms with Crippen molar-refractivity contribution in [3.8, 4) is 17.2 Å². The minimum absolute atomic E-state index is 0. The first-order valence-electron chi connectivity index (χ1n) is 8.54. The van der Waals surface area contributed by atoms with Crippen molar-refractivity contribution in [3.63, 3.8) is 0 Å². The third kappa shape index (κ3) is 4.23. The van der Waals surface area contributed by atoms with Gasteiger partial charge in [-0.1, -0.05) is 0 Å². The van der Waals surface area contributed by atoms with Gasteiger partial charge in [-0.05, 0) is 55.8 Å². The lowest BCUT2D eigenvalue weighted by molar-refractivity contribution is -0.136. The van der Waals surface area contributed by atoms with Gasteiger partial charge in [0.1, 0.15) is 35.2 Å². The van der Waals surface area contributed by atoms with Crippen molar-refractivity contribution in [2.75, 3.05) is 6.54 Å². The SMILES string of the molecule is Br.O=C(Oc1ccc2c(=O)c(Oc3ccc(F)cc3)coc2c1)[C@@H]1CCCN1. The van der Waals surface area contributed by atoms with Crippen molar-refractivity contribution in [1.29, 1.82) is 0 Å². The molecule has 1 aliphatic rings. The number of esters is 1. The van der Waals surface area contributed by atoms with E-state index in [0.717, 1.165) is 19.4 Å². The Balaban J connectivity index is 0.00000225. The lowest BCUT2D eigenvalue weighted by Crippen LogP contribution is -2.34. The number of hydrogen-bond acceptors (Lipinski definition) is 6. The molecular weight excluding hydrogens is 433 g/mol. The highest BCUT2D eigenvalue weighted by Gasteiger charge is 2.24. The molecule has 2 heterocycles. The Morgan fingerprint density at radius 3 is 2.61 bits per heavy atom. The zero-order valence-corrected chi connectivity index (χ0v) is 16.4. The highest BCUT2D eigenvalue weighted by molar-refractivity contribution is 8.93. The molecule has 0 radical (unpaired) electrons. The number of carbonyl (C=O) groups excluding carboxylic acids is 1. The van der Waals surface area contributed by atoms with Crippen LogP contribution in [0.4, 0.5) is 4.39 Å². The van der Waals surface area contributed by atoms with Crippen molar-refractivity contribution in [3.05, 3.63) is 64.8 Å². The fourth-order valence-corrected chi connectivity index (χ4v) is 2.93. The minimum atomic E-state index is -0.400. The summed E-state index contributed by atoms with van der Waals surface area (Å²) in [4.78, 5) is 24.6. The van der Waals surface area contributed by atoms with Crippen LogP contribution >= 0.6 is 17.0 Å². The molecule has 1 fully saturated rings. The predicted molar refractivity (Wildman–Crippen MR) is 106 cm³/mol. The summed E-state index contributed by atoms with van der Waals surface area (Å²) in [5, 5.41) is 3.35.